The summed E-state index contributed by atoms with van der Waals surface area (Å²) in [5.41, 5.74) is 2.43. The highest BCUT2D eigenvalue weighted by atomic mass is 15.0. The Morgan fingerprint density at radius 2 is 2.17 bits per heavy atom. The van der Waals surface area contributed by atoms with Gasteiger partial charge in [0.25, 0.3) is 5.65 Å². The zero-order valence-electron chi connectivity index (χ0n) is 7.41. The fourth-order valence-electron chi connectivity index (χ4n) is 1.30. The average Bonchev–Trinajstić information content (AvgIpc) is 2.46. The molecule has 0 saturated heterocycles. The van der Waals surface area contributed by atoms with Crippen LogP contribution >= 0.6 is 0 Å². The number of rotatable bonds is 1. The topological polar surface area (TPSA) is 19.9 Å². The van der Waals surface area contributed by atoms with Crippen molar-refractivity contribution in [1.82, 2.24) is 4.98 Å². The zero-order valence-corrected chi connectivity index (χ0v) is 7.41. The van der Waals surface area contributed by atoms with Gasteiger partial charge >= 0.3 is 0 Å². The Morgan fingerprint density at radius 1 is 1.33 bits per heavy atom. The Morgan fingerprint density at radius 3 is 2.83 bits per heavy atom. The van der Waals surface area contributed by atoms with Crippen molar-refractivity contribution in [2.75, 3.05) is 0 Å². The second-order valence-corrected chi connectivity index (χ2v) is 3.36. The largest absolute Gasteiger partial charge is 0.284 e. The van der Waals surface area contributed by atoms with Crippen LogP contribution in [0, 0.1) is 0 Å². The van der Waals surface area contributed by atoms with E-state index in [-0.39, 0.29) is 0 Å². The van der Waals surface area contributed by atoms with Gasteiger partial charge in [-0.25, -0.2) is 9.38 Å². The molecule has 2 heteroatoms. The van der Waals surface area contributed by atoms with Crippen molar-refractivity contribution in [2.24, 2.45) is 0 Å². The summed E-state index contributed by atoms with van der Waals surface area (Å²) in [6, 6.07) is 6.15. The maximum atomic E-state index is 3.36. The summed E-state index contributed by atoms with van der Waals surface area (Å²) in [5, 5.41) is 0. The minimum atomic E-state index is 0.560. The lowest BCUT2D eigenvalue weighted by molar-refractivity contribution is -0.510. The van der Waals surface area contributed by atoms with Crippen LogP contribution in [0.15, 0.2) is 30.6 Å². The van der Waals surface area contributed by atoms with Gasteiger partial charge in [0, 0.05) is 12.0 Å². The average molecular weight is 161 g/mol. The van der Waals surface area contributed by atoms with E-state index >= 15 is 0 Å². The molecule has 2 heterocycles. The molecule has 0 amide bonds. The Balaban J connectivity index is 2.62. The lowest BCUT2D eigenvalue weighted by Gasteiger charge is -1.90. The molecule has 0 spiro atoms. The second kappa shape index (κ2) is 2.63. The third-order valence-electron chi connectivity index (χ3n) is 2.06. The minimum Gasteiger partial charge on any atom is -0.241 e. The van der Waals surface area contributed by atoms with Crippen LogP contribution in [0.1, 0.15) is 25.5 Å². The first-order valence-electron chi connectivity index (χ1n) is 4.26. The van der Waals surface area contributed by atoms with E-state index in [1.165, 1.54) is 5.69 Å². The molecule has 0 unspecified atom stereocenters. The summed E-state index contributed by atoms with van der Waals surface area (Å²) in [6.07, 6.45) is 4.19. The molecule has 0 aliphatic rings. The van der Waals surface area contributed by atoms with Crippen LogP contribution in [0.4, 0.5) is 0 Å². The highest BCUT2D eigenvalue weighted by Crippen LogP contribution is 2.09. The van der Waals surface area contributed by atoms with Crippen molar-refractivity contribution >= 4 is 5.65 Å². The normalized spacial score (nSPS) is 11.2. The van der Waals surface area contributed by atoms with Crippen molar-refractivity contribution in [2.45, 2.75) is 19.8 Å². The number of hydrogen-bond donors (Lipinski definition) is 1. The number of imidazole rings is 1. The van der Waals surface area contributed by atoms with Gasteiger partial charge in [-0.15, -0.1) is 0 Å². The summed E-state index contributed by atoms with van der Waals surface area (Å²) < 4.78 is 2.11. The molecule has 2 aromatic rings. The van der Waals surface area contributed by atoms with Gasteiger partial charge in [0.2, 0.25) is 0 Å². The smallest absolute Gasteiger partial charge is 0.241 e. The highest BCUT2D eigenvalue weighted by Gasteiger charge is 2.09. The van der Waals surface area contributed by atoms with Crippen LogP contribution in [0.5, 0.6) is 0 Å². The molecule has 0 bridgehead atoms. The van der Waals surface area contributed by atoms with Crippen LogP contribution in [0.3, 0.4) is 0 Å². The first kappa shape index (κ1) is 7.35. The Hall–Kier alpha value is -1.31. The van der Waals surface area contributed by atoms with E-state index in [1.54, 1.807) is 0 Å². The molecule has 0 aromatic carbocycles. The van der Waals surface area contributed by atoms with Crippen molar-refractivity contribution in [3.63, 3.8) is 0 Å². The Kier molecular flexibility index (Phi) is 1.61. The maximum Gasteiger partial charge on any atom is 0.284 e. The number of H-pyrrole nitrogens is 1. The summed E-state index contributed by atoms with van der Waals surface area (Å²) in [7, 11) is 0. The molecule has 0 radical (unpaired) electrons. The molecular formula is C10H13N2+. The molecule has 0 saturated carbocycles. The van der Waals surface area contributed by atoms with E-state index in [0.29, 0.717) is 5.92 Å². The summed E-state index contributed by atoms with van der Waals surface area (Å²) in [6.45, 7) is 4.37. The molecule has 62 valence electrons. The van der Waals surface area contributed by atoms with Crippen LogP contribution in [-0.4, -0.2) is 4.98 Å². The Labute approximate surface area is 71.9 Å². The molecular weight excluding hydrogens is 148 g/mol. The molecule has 2 nitrogen and oxygen atoms in total. The van der Waals surface area contributed by atoms with Crippen molar-refractivity contribution < 1.29 is 4.40 Å². The van der Waals surface area contributed by atoms with Crippen molar-refractivity contribution in [3.8, 4) is 0 Å². The van der Waals surface area contributed by atoms with Gasteiger partial charge in [0.05, 0.1) is 6.20 Å². The number of nitrogens with one attached hydrogen (secondary N) is 1. The summed E-state index contributed by atoms with van der Waals surface area (Å²) in [4.78, 5) is 3.36. The van der Waals surface area contributed by atoms with Crippen LogP contribution in [0.2, 0.25) is 0 Å². The van der Waals surface area contributed by atoms with Crippen LogP contribution in [-0.2, 0) is 0 Å². The molecule has 1 N–H and O–H groups in total. The van der Waals surface area contributed by atoms with Gasteiger partial charge in [0.15, 0.2) is 0 Å². The van der Waals surface area contributed by atoms with Gasteiger partial charge in [-0.3, -0.25) is 0 Å². The van der Waals surface area contributed by atoms with Gasteiger partial charge in [-0.05, 0) is 6.07 Å². The molecule has 2 rings (SSSR count). The van der Waals surface area contributed by atoms with Gasteiger partial charge < -0.3 is 0 Å². The number of pyridine rings is 1. The lowest BCUT2D eigenvalue weighted by atomic mass is 10.2. The van der Waals surface area contributed by atoms with Crippen molar-refractivity contribution in [1.29, 1.82) is 0 Å². The molecule has 0 aliphatic carbocycles. The predicted octanol–water partition coefficient (Wildman–Crippen LogP) is 1.88. The quantitative estimate of drug-likeness (QED) is 0.616. The van der Waals surface area contributed by atoms with E-state index in [4.69, 9.17) is 0 Å². The zero-order chi connectivity index (χ0) is 8.55. The van der Waals surface area contributed by atoms with E-state index < -0.39 is 0 Å². The number of aromatic amines is 1. The van der Waals surface area contributed by atoms with Crippen LogP contribution in [0.25, 0.3) is 5.65 Å². The van der Waals surface area contributed by atoms with Gasteiger partial charge in [-0.1, -0.05) is 19.9 Å². The monoisotopic (exact) mass is 161 g/mol. The molecule has 0 atom stereocenters. The third-order valence-corrected chi connectivity index (χ3v) is 2.06. The van der Waals surface area contributed by atoms with E-state index in [9.17, 15) is 0 Å². The number of fused-ring (bicyclic) bond motifs is 1. The first-order chi connectivity index (χ1) is 5.77. The van der Waals surface area contributed by atoms with Crippen molar-refractivity contribution in [3.05, 3.63) is 36.3 Å². The fraction of sp³-hybridized carbons (Fsp3) is 0.300. The standard InChI is InChI=1S/C10H12N2/c1-8(2)9-7-12-6-4-3-5-10(12)11-9/h3-8H,1-2H3/p+1. The minimum absolute atomic E-state index is 0.560. The van der Waals surface area contributed by atoms with E-state index in [0.717, 1.165) is 5.65 Å². The van der Waals surface area contributed by atoms with E-state index in [2.05, 4.69) is 41.7 Å². The lowest BCUT2D eigenvalue weighted by Crippen LogP contribution is -2.16. The number of aromatic nitrogens is 2. The van der Waals surface area contributed by atoms with Gasteiger partial charge in [-0.2, -0.15) is 0 Å². The highest BCUT2D eigenvalue weighted by molar-refractivity contribution is 5.29. The predicted molar refractivity (Wildman–Crippen MR) is 48.0 cm³/mol. The third kappa shape index (κ3) is 1.09. The molecule has 0 fully saturated rings. The Bertz CT molecular complexity index is 354. The number of hydrogen-bond acceptors (Lipinski definition) is 0. The van der Waals surface area contributed by atoms with E-state index in [1.807, 2.05) is 12.1 Å². The SMILES string of the molecule is CC(C)c1c[n+]2ccccc2[nH]1. The molecule has 12 heavy (non-hydrogen) atoms. The molecule has 2 aromatic heterocycles. The maximum absolute atomic E-state index is 3.36. The molecule has 0 aliphatic heterocycles. The number of nitrogens with zero attached hydrogens (tertiary/aromatic N) is 1. The van der Waals surface area contributed by atoms with Gasteiger partial charge in [0.1, 0.15) is 11.9 Å². The summed E-state index contributed by atoms with van der Waals surface area (Å²) in [5.74, 6) is 0.560. The first-order valence-corrected chi connectivity index (χ1v) is 4.26. The van der Waals surface area contributed by atoms with Crippen LogP contribution < -0.4 is 4.40 Å². The fourth-order valence-corrected chi connectivity index (χ4v) is 1.30. The second-order valence-electron chi connectivity index (χ2n) is 3.36. The summed E-state index contributed by atoms with van der Waals surface area (Å²) >= 11 is 0.